The van der Waals surface area contributed by atoms with E-state index in [1.807, 2.05) is 30.3 Å². The molecule has 1 saturated heterocycles. The smallest absolute Gasteiger partial charge is 0.220 e. The summed E-state index contributed by atoms with van der Waals surface area (Å²) in [5.41, 5.74) is 0.890. The maximum atomic E-state index is 11.3. The lowest BCUT2D eigenvalue weighted by Gasteiger charge is -2.13. The van der Waals surface area contributed by atoms with Crippen molar-refractivity contribution in [3.05, 3.63) is 42.0 Å². The Labute approximate surface area is 99.1 Å². The number of phenols is 1. The molecule has 0 bridgehead atoms. The first kappa shape index (κ1) is 10.1. The standard InChI is InChI=1S/C14H13NO2/c16-12-6-5-9-3-1-2-4-11(9)14(12)10-7-13(17)15-8-10/h1-6,10,16H,7-8H2,(H,15,17). The van der Waals surface area contributed by atoms with Crippen molar-refractivity contribution in [2.24, 2.45) is 0 Å². The number of phenolic OH excluding ortho intramolecular Hbond substituents is 1. The molecule has 0 aromatic heterocycles. The third-order valence-electron chi connectivity index (χ3n) is 3.33. The van der Waals surface area contributed by atoms with Crippen molar-refractivity contribution in [1.82, 2.24) is 5.32 Å². The van der Waals surface area contributed by atoms with E-state index in [4.69, 9.17) is 0 Å². The van der Waals surface area contributed by atoms with Crippen LogP contribution in [0.2, 0.25) is 0 Å². The highest BCUT2D eigenvalue weighted by Crippen LogP contribution is 2.36. The van der Waals surface area contributed by atoms with Gasteiger partial charge in [-0.3, -0.25) is 4.79 Å². The molecule has 17 heavy (non-hydrogen) atoms. The van der Waals surface area contributed by atoms with E-state index in [0.717, 1.165) is 16.3 Å². The molecule has 3 nitrogen and oxygen atoms in total. The van der Waals surface area contributed by atoms with Crippen molar-refractivity contribution in [2.75, 3.05) is 6.54 Å². The lowest BCUT2D eigenvalue weighted by Crippen LogP contribution is -2.13. The number of amides is 1. The molecule has 0 radical (unpaired) electrons. The number of carbonyl (C=O) groups excluding carboxylic acids is 1. The molecule has 2 N–H and O–H groups in total. The lowest BCUT2D eigenvalue weighted by atomic mass is 9.92. The topological polar surface area (TPSA) is 49.3 Å². The van der Waals surface area contributed by atoms with Gasteiger partial charge in [-0.15, -0.1) is 0 Å². The van der Waals surface area contributed by atoms with Crippen LogP contribution < -0.4 is 5.32 Å². The van der Waals surface area contributed by atoms with Gasteiger partial charge in [0, 0.05) is 24.4 Å². The van der Waals surface area contributed by atoms with Gasteiger partial charge in [0.2, 0.25) is 5.91 Å². The van der Waals surface area contributed by atoms with Gasteiger partial charge in [-0.1, -0.05) is 30.3 Å². The van der Waals surface area contributed by atoms with Crippen molar-refractivity contribution in [3.63, 3.8) is 0 Å². The van der Waals surface area contributed by atoms with Crippen LogP contribution in [0, 0.1) is 0 Å². The van der Waals surface area contributed by atoms with E-state index < -0.39 is 0 Å². The zero-order valence-electron chi connectivity index (χ0n) is 9.31. The highest BCUT2D eigenvalue weighted by molar-refractivity contribution is 5.90. The zero-order chi connectivity index (χ0) is 11.8. The Morgan fingerprint density at radius 2 is 2.00 bits per heavy atom. The molecule has 3 rings (SSSR count). The number of aromatic hydroxyl groups is 1. The van der Waals surface area contributed by atoms with E-state index >= 15 is 0 Å². The van der Waals surface area contributed by atoms with Crippen molar-refractivity contribution in [1.29, 1.82) is 0 Å². The number of fused-ring (bicyclic) bond motifs is 1. The molecule has 86 valence electrons. The third-order valence-corrected chi connectivity index (χ3v) is 3.33. The third kappa shape index (κ3) is 1.64. The van der Waals surface area contributed by atoms with Crippen LogP contribution in [0.3, 0.4) is 0 Å². The Balaban J connectivity index is 2.20. The Kier molecular flexibility index (Phi) is 2.25. The van der Waals surface area contributed by atoms with E-state index in [-0.39, 0.29) is 17.6 Å². The van der Waals surface area contributed by atoms with Crippen molar-refractivity contribution < 1.29 is 9.90 Å². The predicted octanol–water partition coefficient (Wildman–Crippen LogP) is 2.15. The van der Waals surface area contributed by atoms with Crippen LogP contribution in [0.5, 0.6) is 5.75 Å². The van der Waals surface area contributed by atoms with Crippen LogP contribution in [-0.2, 0) is 4.79 Å². The minimum atomic E-state index is 0.0577. The van der Waals surface area contributed by atoms with Gasteiger partial charge in [-0.2, -0.15) is 0 Å². The molecule has 1 aliphatic rings. The molecule has 3 heteroatoms. The fraction of sp³-hybridized carbons (Fsp3) is 0.214. The first-order valence-corrected chi connectivity index (χ1v) is 5.73. The van der Waals surface area contributed by atoms with Gasteiger partial charge in [-0.25, -0.2) is 0 Å². The highest BCUT2D eigenvalue weighted by Gasteiger charge is 2.26. The number of hydrogen-bond donors (Lipinski definition) is 2. The van der Waals surface area contributed by atoms with Gasteiger partial charge in [0.05, 0.1) is 0 Å². The largest absolute Gasteiger partial charge is 0.508 e. The molecule has 1 heterocycles. The molecule has 1 amide bonds. The second kappa shape index (κ2) is 3.77. The molecule has 1 fully saturated rings. The second-order valence-electron chi connectivity index (χ2n) is 4.42. The zero-order valence-corrected chi connectivity index (χ0v) is 9.31. The molecule has 2 aromatic carbocycles. The first-order chi connectivity index (χ1) is 8.25. The normalized spacial score (nSPS) is 19.5. The summed E-state index contributed by atoms with van der Waals surface area (Å²) in [7, 11) is 0. The minimum Gasteiger partial charge on any atom is -0.508 e. The number of nitrogens with one attached hydrogen (secondary N) is 1. The first-order valence-electron chi connectivity index (χ1n) is 5.73. The summed E-state index contributed by atoms with van der Waals surface area (Å²) in [4.78, 5) is 11.3. The quantitative estimate of drug-likeness (QED) is 0.784. The molecule has 0 aliphatic carbocycles. The van der Waals surface area contributed by atoms with Gasteiger partial charge < -0.3 is 10.4 Å². The van der Waals surface area contributed by atoms with E-state index in [1.165, 1.54) is 0 Å². The van der Waals surface area contributed by atoms with Crippen LogP contribution in [0.4, 0.5) is 0 Å². The monoisotopic (exact) mass is 227 g/mol. The van der Waals surface area contributed by atoms with Gasteiger partial charge in [0.25, 0.3) is 0 Å². The molecular weight excluding hydrogens is 214 g/mol. The van der Waals surface area contributed by atoms with E-state index in [2.05, 4.69) is 5.32 Å². The van der Waals surface area contributed by atoms with Gasteiger partial charge in [0.15, 0.2) is 0 Å². The Hall–Kier alpha value is -2.03. The number of benzene rings is 2. The highest BCUT2D eigenvalue weighted by atomic mass is 16.3. The fourth-order valence-corrected chi connectivity index (χ4v) is 2.52. The maximum Gasteiger partial charge on any atom is 0.220 e. The number of carbonyl (C=O) groups is 1. The van der Waals surface area contributed by atoms with Gasteiger partial charge in [0.1, 0.15) is 5.75 Å². The van der Waals surface area contributed by atoms with Crippen LogP contribution in [0.15, 0.2) is 36.4 Å². The predicted molar refractivity (Wildman–Crippen MR) is 66.0 cm³/mol. The number of rotatable bonds is 1. The number of hydrogen-bond acceptors (Lipinski definition) is 2. The Morgan fingerprint density at radius 3 is 2.76 bits per heavy atom. The van der Waals surface area contributed by atoms with Crippen LogP contribution in [0.25, 0.3) is 10.8 Å². The molecule has 2 aromatic rings. The maximum absolute atomic E-state index is 11.3. The summed E-state index contributed by atoms with van der Waals surface area (Å²) in [5.74, 6) is 0.418. The van der Waals surface area contributed by atoms with Crippen molar-refractivity contribution in [3.8, 4) is 5.75 Å². The summed E-state index contributed by atoms with van der Waals surface area (Å²) in [5, 5.41) is 15.0. The molecule has 0 spiro atoms. The average Bonchev–Trinajstić information content (AvgIpc) is 2.75. The minimum absolute atomic E-state index is 0.0577. The molecule has 1 aliphatic heterocycles. The Bertz CT molecular complexity index is 592. The summed E-state index contributed by atoms with van der Waals surface area (Å²) in [6.07, 6.45) is 0.460. The summed E-state index contributed by atoms with van der Waals surface area (Å²) < 4.78 is 0. The van der Waals surface area contributed by atoms with Crippen LogP contribution in [0.1, 0.15) is 17.9 Å². The van der Waals surface area contributed by atoms with E-state index in [9.17, 15) is 9.90 Å². The van der Waals surface area contributed by atoms with Gasteiger partial charge >= 0.3 is 0 Å². The summed E-state index contributed by atoms with van der Waals surface area (Å²) in [6, 6.07) is 11.5. The summed E-state index contributed by atoms with van der Waals surface area (Å²) >= 11 is 0. The van der Waals surface area contributed by atoms with E-state index in [0.29, 0.717) is 13.0 Å². The average molecular weight is 227 g/mol. The molecule has 1 unspecified atom stereocenters. The Morgan fingerprint density at radius 1 is 1.18 bits per heavy atom. The van der Waals surface area contributed by atoms with Crippen molar-refractivity contribution in [2.45, 2.75) is 12.3 Å². The summed E-state index contributed by atoms with van der Waals surface area (Å²) in [6.45, 7) is 0.612. The van der Waals surface area contributed by atoms with Crippen LogP contribution in [-0.4, -0.2) is 17.6 Å². The molecular formula is C14H13NO2. The SMILES string of the molecule is O=C1CC(c2c(O)ccc3ccccc23)CN1. The molecule has 0 saturated carbocycles. The fourth-order valence-electron chi connectivity index (χ4n) is 2.52. The molecule has 1 atom stereocenters. The lowest BCUT2D eigenvalue weighted by molar-refractivity contribution is -0.119. The van der Waals surface area contributed by atoms with E-state index in [1.54, 1.807) is 6.07 Å². The van der Waals surface area contributed by atoms with Crippen LogP contribution >= 0.6 is 0 Å². The second-order valence-corrected chi connectivity index (χ2v) is 4.42. The van der Waals surface area contributed by atoms with Gasteiger partial charge in [-0.05, 0) is 16.8 Å². The van der Waals surface area contributed by atoms with Crippen molar-refractivity contribution >= 4 is 16.7 Å².